The summed E-state index contributed by atoms with van der Waals surface area (Å²) in [5, 5.41) is 14.3. The molecule has 2 aromatic carbocycles. The minimum Gasteiger partial charge on any atom is -0.488 e. The topological polar surface area (TPSA) is 67.8 Å². The number of halogens is 2. The zero-order valence-corrected chi connectivity index (χ0v) is 17.5. The van der Waals surface area contributed by atoms with Gasteiger partial charge in [-0.15, -0.1) is 0 Å². The van der Waals surface area contributed by atoms with E-state index in [0.29, 0.717) is 27.6 Å². The third-order valence-electron chi connectivity index (χ3n) is 3.59. The number of rotatable bonds is 6. The van der Waals surface area contributed by atoms with E-state index in [4.69, 9.17) is 32.7 Å². The molecule has 0 aliphatic carbocycles. The number of carbonyl (C=O) groups excluding carboxylic acids is 1. The predicted molar refractivity (Wildman–Crippen MR) is 113 cm³/mol. The van der Waals surface area contributed by atoms with E-state index in [1.165, 1.54) is 0 Å². The molecule has 0 fully saturated rings. The SMILES string of the molecule is C=CCOc1cccc(C(O)c2cc(Cl)ccc2NC(=O)OC(C)(C)C)c1Cl. The molecule has 0 heterocycles. The average Bonchev–Trinajstić information content (AvgIpc) is 2.60. The van der Waals surface area contributed by atoms with Crippen molar-refractivity contribution in [1.82, 2.24) is 0 Å². The summed E-state index contributed by atoms with van der Waals surface area (Å²) in [6, 6.07) is 9.85. The van der Waals surface area contributed by atoms with E-state index in [1.54, 1.807) is 63.2 Å². The van der Waals surface area contributed by atoms with Gasteiger partial charge in [0.2, 0.25) is 0 Å². The molecule has 0 radical (unpaired) electrons. The number of aliphatic hydroxyl groups excluding tert-OH is 1. The number of aliphatic hydroxyl groups is 1. The van der Waals surface area contributed by atoms with Crippen molar-refractivity contribution in [2.45, 2.75) is 32.5 Å². The van der Waals surface area contributed by atoms with Crippen molar-refractivity contribution in [3.63, 3.8) is 0 Å². The van der Waals surface area contributed by atoms with E-state index in [1.807, 2.05) is 0 Å². The van der Waals surface area contributed by atoms with E-state index in [9.17, 15) is 9.90 Å². The van der Waals surface area contributed by atoms with Crippen LogP contribution in [0.3, 0.4) is 0 Å². The van der Waals surface area contributed by atoms with Crippen LogP contribution in [0.1, 0.15) is 38.0 Å². The Morgan fingerprint density at radius 2 is 1.96 bits per heavy atom. The van der Waals surface area contributed by atoms with Gasteiger partial charge < -0.3 is 14.6 Å². The molecule has 0 bridgehead atoms. The summed E-state index contributed by atoms with van der Waals surface area (Å²) in [4.78, 5) is 12.2. The molecule has 2 N–H and O–H groups in total. The Morgan fingerprint density at radius 1 is 1.25 bits per heavy atom. The van der Waals surface area contributed by atoms with Crippen molar-refractivity contribution in [3.8, 4) is 5.75 Å². The fraction of sp³-hybridized carbons (Fsp3) is 0.286. The maximum absolute atomic E-state index is 12.2. The second-order valence-corrected chi connectivity index (χ2v) is 7.83. The predicted octanol–water partition coefficient (Wildman–Crippen LogP) is 5.99. The van der Waals surface area contributed by atoms with Crippen molar-refractivity contribution in [1.29, 1.82) is 0 Å². The fourth-order valence-electron chi connectivity index (χ4n) is 2.45. The highest BCUT2D eigenvalue weighted by atomic mass is 35.5. The summed E-state index contributed by atoms with van der Waals surface area (Å²) in [5.74, 6) is 0.418. The molecule has 0 aliphatic rings. The minimum absolute atomic E-state index is 0.264. The highest BCUT2D eigenvalue weighted by Gasteiger charge is 2.22. The van der Waals surface area contributed by atoms with Crippen molar-refractivity contribution >= 4 is 35.0 Å². The quantitative estimate of drug-likeness (QED) is 0.560. The normalized spacial score (nSPS) is 12.2. The highest BCUT2D eigenvalue weighted by molar-refractivity contribution is 6.33. The lowest BCUT2D eigenvalue weighted by atomic mass is 9.99. The maximum Gasteiger partial charge on any atom is 0.412 e. The van der Waals surface area contributed by atoms with Crippen LogP contribution in [-0.4, -0.2) is 23.4 Å². The van der Waals surface area contributed by atoms with Gasteiger partial charge in [-0.2, -0.15) is 0 Å². The molecule has 2 aromatic rings. The van der Waals surface area contributed by atoms with Gasteiger partial charge in [0.25, 0.3) is 0 Å². The molecule has 0 spiro atoms. The third kappa shape index (κ3) is 5.89. The summed E-state index contributed by atoms with van der Waals surface area (Å²) < 4.78 is 10.8. The molecular formula is C21H23Cl2NO4. The van der Waals surface area contributed by atoms with Crippen LogP contribution >= 0.6 is 23.2 Å². The second kappa shape index (κ2) is 9.32. The first-order valence-corrected chi connectivity index (χ1v) is 9.37. The van der Waals surface area contributed by atoms with E-state index in [0.717, 1.165) is 0 Å². The van der Waals surface area contributed by atoms with Gasteiger partial charge in [0, 0.05) is 16.1 Å². The van der Waals surface area contributed by atoms with Gasteiger partial charge in [-0.05, 0) is 45.0 Å². The molecule has 0 aliphatic heterocycles. The molecule has 1 amide bonds. The van der Waals surface area contributed by atoms with E-state index >= 15 is 0 Å². The van der Waals surface area contributed by atoms with Crippen LogP contribution in [0.15, 0.2) is 49.1 Å². The molecular weight excluding hydrogens is 401 g/mol. The monoisotopic (exact) mass is 423 g/mol. The molecule has 1 atom stereocenters. The molecule has 150 valence electrons. The van der Waals surface area contributed by atoms with Crippen LogP contribution in [0.2, 0.25) is 10.0 Å². The molecule has 5 nitrogen and oxygen atoms in total. The zero-order valence-electron chi connectivity index (χ0n) is 16.0. The number of nitrogens with one attached hydrogen (secondary N) is 1. The Kier molecular flexibility index (Phi) is 7.35. The van der Waals surface area contributed by atoms with Crippen LogP contribution in [0.4, 0.5) is 10.5 Å². The number of benzene rings is 2. The first-order chi connectivity index (χ1) is 13.1. The van der Waals surface area contributed by atoms with Crippen LogP contribution in [0, 0.1) is 0 Å². The van der Waals surface area contributed by atoms with Crippen molar-refractivity contribution < 1.29 is 19.4 Å². The molecule has 0 aromatic heterocycles. The lowest BCUT2D eigenvalue weighted by Crippen LogP contribution is -2.27. The highest BCUT2D eigenvalue weighted by Crippen LogP contribution is 2.38. The van der Waals surface area contributed by atoms with Gasteiger partial charge in [0.1, 0.15) is 24.1 Å². The van der Waals surface area contributed by atoms with Gasteiger partial charge in [-0.3, -0.25) is 5.32 Å². The van der Waals surface area contributed by atoms with Gasteiger partial charge in [0.15, 0.2) is 0 Å². The summed E-state index contributed by atoms with van der Waals surface area (Å²) in [7, 11) is 0. The Labute approximate surface area is 174 Å². The standard InChI is InChI=1S/C21H23Cl2NO4/c1-5-11-27-17-8-6-7-14(18(17)23)19(25)15-12-13(22)9-10-16(15)24-20(26)28-21(2,3)4/h5-10,12,19,25H,1,11H2,2-4H3,(H,24,26). The average molecular weight is 424 g/mol. The van der Waals surface area contributed by atoms with Gasteiger partial charge in [-0.1, -0.05) is 48.0 Å². The molecule has 0 saturated heterocycles. The summed E-state index contributed by atoms with van der Waals surface area (Å²) >= 11 is 12.5. The lowest BCUT2D eigenvalue weighted by molar-refractivity contribution is 0.0635. The van der Waals surface area contributed by atoms with Gasteiger partial charge >= 0.3 is 6.09 Å². The van der Waals surface area contributed by atoms with Gasteiger partial charge in [0.05, 0.1) is 10.7 Å². The Hall–Kier alpha value is -2.21. The van der Waals surface area contributed by atoms with Crippen molar-refractivity contribution in [2.24, 2.45) is 0 Å². The maximum atomic E-state index is 12.2. The van der Waals surface area contributed by atoms with E-state index in [2.05, 4.69) is 11.9 Å². The van der Waals surface area contributed by atoms with Gasteiger partial charge in [-0.25, -0.2) is 4.79 Å². The summed E-state index contributed by atoms with van der Waals surface area (Å²) in [6.07, 6.45) is -0.194. The van der Waals surface area contributed by atoms with E-state index in [-0.39, 0.29) is 11.6 Å². The Balaban J connectivity index is 2.38. The van der Waals surface area contributed by atoms with Crippen LogP contribution in [-0.2, 0) is 4.74 Å². The number of ether oxygens (including phenoxy) is 2. The van der Waals surface area contributed by atoms with Crippen molar-refractivity contribution in [2.75, 3.05) is 11.9 Å². The summed E-state index contributed by atoms with van der Waals surface area (Å²) in [6.45, 7) is 9.17. The first-order valence-electron chi connectivity index (χ1n) is 8.62. The van der Waals surface area contributed by atoms with Crippen molar-refractivity contribution in [3.05, 3.63) is 70.2 Å². The Morgan fingerprint density at radius 3 is 2.61 bits per heavy atom. The molecule has 2 rings (SSSR count). The van der Waals surface area contributed by atoms with E-state index < -0.39 is 17.8 Å². The number of amides is 1. The second-order valence-electron chi connectivity index (χ2n) is 7.02. The third-order valence-corrected chi connectivity index (χ3v) is 4.23. The smallest absolute Gasteiger partial charge is 0.412 e. The number of carbonyl (C=O) groups is 1. The fourth-order valence-corrected chi connectivity index (χ4v) is 2.92. The molecule has 7 heteroatoms. The van der Waals surface area contributed by atoms with Crippen LogP contribution in [0.25, 0.3) is 0 Å². The van der Waals surface area contributed by atoms with Crippen LogP contribution in [0.5, 0.6) is 5.75 Å². The van der Waals surface area contributed by atoms with Crippen LogP contribution < -0.4 is 10.1 Å². The number of hydrogen-bond acceptors (Lipinski definition) is 4. The first kappa shape index (κ1) is 22.1. The summed E-state index contributed by atoms with van der Waals surface area (Å²) in [5.41, 5.74) is 0.494. The number of hydrogen-bond donors (Lipinski definition) is 2. The number of anilines is 1. The minimum atomic E-state index is -1.15. The molecule has 1 unspecified atom stereocenters. The largest absolute Gasteiger partial charge is 0.488 e. The lowest BCUT2D eigenvalue weighted by Gasteiger charge is -2.22. The molecule has 28 heavy (non-hydrogen) atoms. The zero-order chi connectivity index (χ0) is 20.9. The Bertz CT molecular complexity index is 862. The molecule has 0 saturated carbocycles.